The van der Waals surface area contributed by atoms with Crippen LogP contribution in [-0.2, 0) is 16.6 Å². The molecule has 0 amide bonds. The average Bonchev–Trinajstić information content (AvgIpc) is 3.38. The van der Waals surface area contributed by atoms with Crippen LogP contribution in [0.15, 0.2) is 89.8 Å². The van der Waals surface area contributed by atoms with E-state index in [4.69, 9.17) is 4.74 Å². The summed E-state index contributed by atoms with van der Waals surface area (Å²) in [4.78, 5) is 0.322. The van der Waals surface area contributed by atoms with Gasteiger partial charge in [-0.15, -0.1) is 0 Å². The molecule has 5 rings (SSSR count). The summed E-state index contributed by atoms with van der Waals surface area (Å²) in [7, 11) is -3.56. The summed E-state index contributed by atoms with van der Waals surface area (Å²) in [6, 6.07) is 23.8. The van der Waals surface area contributed by atoms with Gasteiger partial charge in [0.05, 0.1) is 10.9 Å². The molecule has 1 aliphatic heterocycles. The molecule has 4 unspecified atom stereocenters. The Morgan fingerprint density at radius 1 is 1.03 bits per heavy atom. The van der Waals surface area contributed by atoms with Gasteiger partial charge in [0.15, 0.2) is 0 Å². The molecule has 0 fully saturated rings. The Bertz CT molecular complexity index is 1320. The van der Waals surface area contributed by atoms with Gasteiger partial charge in [0.1, 0.15) is 12.4 Å². The summed E-state index contributed by atoms with van der Waals surface area (Å²) < 4.78 is 34.9. The van der Waals surface area contributed by atoms with E-state index in [-0.39, 0.29) is 23.9 Å². The maximum Gasteiger partial charge on any atom is 0.240 e. The largest absolute Gasteiger partial charge is 0.489 e. The Morgan fingerprint density at radius 2 is 1.80 bits per heavy atom. The Balaban J connectivity index is 1.44. The Labute approximate surface area is 208 Å². The zero-order valence-corrected chi connectivity index (χ0v) is 21.0. The number of hydrogen-bond donors (Lipinski definition) is 2. The van der Waals surface area contributed by atoms with Crippen LogP contribution in [0, 0.1) is 5.92 Å². The first kappa shape index (κ1) is 23.6. The van der Waals surface area contributed by atoms with E-state index in [1.165, 1.54) is 0 Å². The van der Waals surface area contributed by atoms with Gasteiger partial charge in [-0.1, -0.05) is 67.6 Å². The molecule has 0 saturated heterocycles. The number of rotatable bonds is 8. The molecule has 35 heavy (non-hydrogen) atoms. The van der Waals surface area contributed by atoms with Gasteiger partial charge in [-0.3, -0.25) is 0 Å². The Morgan fingerprint density at radius 3 is 2.60 bits per heavy atom. The van der Waals surface area contributed by atoms with Crippen molar-refractivity contribution >= 4 is 15.7 Å². The molecule has 2 N–H and O–H groups in total. The van der Waals surface area contributed by atoms with Gasteiger partial charge >= 0.3 is 0 Å². The minimum atomic E-state index is -3.56. The van der Waals surface area contributed by atoms with Crippen LogP contribution in [0.1, 0.15) is 55.3 Å². The summed E-state index contributed by atoms with van der Waals surface area (Å²) in [5.41, 5.74) is 4.27. The van der Waals surface area contributed by atoms with Gasteiger partial charge in [0.2, 0.25) is 10.0 Å². The molecule has 0 saturated carbocycles. The summed E-state index contributed by atoms with van der Waals surface area (Å²) in [5, 5.41) is 3.72. The summed E-state index contributed by atoms with van der Waals surface area (Å²) in [6.07, 6.45) is 6.11. The van der Waals surface area contributed by atoms with Gasteiger partial charge in [-0.05, 0) is 61.1 Å². The van der Waals surface area contributed by atoms with Crippen LogP contribution >= 0.6 is 0 Å². The molecule has 1 aliphatic carbocycles. The molecule has 182 valence electrons. The third-order valence-corrected chi connectivity index (χ3v) is 8.69. The van der Waals surface area contributed by atoms with Crippen molar-refractivity contribution in [1.82, 2.24) is 4.72 Å². The van der Waals surface area contributed by atoms with Crippen LogP contribution in [0.25, 0.3) is 0 Å². The van der Waals surface area contributed by atoms with E-state index in [0.717, 1.165) is 41.0 Å². The SMILES string of the molecule is CCC(C)NS(=O)(=O)c1ccc2c(c1)C1C=CCC1C(c1ccccc1OCc1ccccc1)N2. The van der Waals surface area contributed by atoms with E-state index in [9.17, 15) is 8.42 Å². The van der Waals surface area contributed by atoms with E-state index < -0.39 is 10.0 Å². The van der Waals surface area contributed by atoms with Crippen molar-refractivity contribution in [3.8, 4) is 5.75 Å². The van der Waals surface area contributed by atoms with Crippen LogP contribution in [0.5, 0.6) is 5.75 Å². The van der Waals surface area contributed by atoms with Crippen LogP contribution in [0.2, 0.25) is 0 Å². The first-order chi connectivity index (χ1) is 17.0. The molecule has 3 aromatic carbocycles. The predicted molar refractivity (Wildman–Crippen MR) is 140 cm³/mol. The highest BCUT2D eigenvalue weighted by molar-refractivity contribution is 7.89. The molecule has 0 spiro atoms. The molecule has 0 bridgehead atoms. The fourth-order valence-electron chi connectivity index (χ4n) is 5.07. The normalized spacial score (nSPS) is 21.6. The molecule has 4 atom stereocenters. The summed E-state index contributed by atoms with van der Waals surface area (Å²) in [5.74, 6) is 1.31. The van der Waals surface area contributed by atoms with Crippen molar-refractivity contribution in [2.24, 2.45) is 5.92 Å². The van der Waals surface area contributed by atoms with E-state index >= 15 is 0 Å². The Kier molecular flexibility index (Phi) is 6.67. The molecule has 5 nitrogen and oxygen atoms in total. The number of nitrogens with one attached hydrogen (secondary N) is 2. The van der Waals surface area contributed by atoms with Gasteiger partial charge in [-0.2, -0.15) is 0 Å². The first-order valence-corrected chi connectivity index (χ1v) is 13.8. The lowest BCUT2D eigenvalue weighted by atomic mass is 9.77. The highest BCUT2D eigenvalue weighted by Gasteiger charge is 2.39. The van der Waals surface area contributed by atoms with E-state index in [1.54, 1.807) is 6.07 Å². The molecule has 2 aliphatic rings. The van der Waals surface area contributed by atoms with E-state index in [1.807, 2.05) is 56.3 Å². The minimum Gasteiger partial charge on any atom is -0.489 e. The second kappa shape index (κ2) is 9.88. The lowest BCUT2D eigenvalue weighted by molar-refractivity contribution is 0.296. The predicted octanol–water partition coefficient (Wildman–Crippen LogP) is 6.17. The smallest absolute Gasteiger partial charge is 0.240 e. The van der Waals surface area contributed by atoms with Crippen LogP contribution in [-0.4, -0.2) is 14.5 Å². The van der Waals surface area contributed by atoms with Gasteiger partial charge in [-0.25, -0.2) is 13.1 Å². The third-order valence-electron chi connectivity index (χ3n) is 7.10. The van der Waals surface area contributed by atoms with Crippen molar-refractivity contribution in [3.63, 3.8) is 0 Å². The molecule has 3 aromatic rings. The van der Waals surface area contributed by atoms with E-state index in [0.29, 0.717) is 11.5 Å². The van der Waals surface area contributed by atoms with Crippen molar-refractivity contribution in [2.45, 2.75) is 56.2 Å². The van der Waals surface area contributed by atoms with Gasteiger partial charge in [0.25, 0.3) is 0 Å². The fourth-order valence-corrected chi connectivity index (χ4v) is 6.43. The highest BCUT2D eigenvalue weighted by Crippen LogP contribution is 2.51. The van der Waals surface area contributed by atoms with Crippen LogP contribution < -0.4 is 14.8 Å². The molecular formula is C29H32N2O3S. The monoisotopic (exact) mass is 488 g/mol. The number of ether oxygens (including phenoxy) is 1. The van der Waals surface area contributed by atoms with Gasteiger partial charge < -0.3 is 10.1 Å². The molecule has 6 heteroatoms. The van der Waals surface area contributed by atoms with E-state index in [2.05, 4.69) is 46.5 Å². The molecular weight excluding hydrogens is 456 g/mol. The van der Waals surface area contributed by atoms with Crippen LogP contribution in [0.3, 0.4) is 0 Å². The zero-order valence-electron chi connectivity index (χ0n) is 20.1. The summed E-state index contributed by atoms with van der Waals surface area (Å²) >= 11 is 0. The number of benzene rings is 3. The molecule has 0 aromatic heterocycles. The van der Waals surface area contributed by atoms with Crippen molar-refractivity contribution in [1.29, 1.82) is 0 Å². The fraction of sp³-hybridized carbons (Fsp3) is 0.310. The maximum atomic E-state index is 12.9. The molecule has 0 radical (unpaired) electrons. The topological polar surface area (TPSA) is 67.4 Å². The quantitative estimate of drug-likeness (QED) is 0.372. The standard InChI is InChI=1S/C29H32N2O3S/c1-3-20(2)31-35(32,33)22-16-17-27-26(18-22)23-13-9-14-24(23)29(30-27)25-12-7-8-15-28(25)34-19-21-10-5-4-6-11-21/h4-13,15-18,20,23-24,29-31H,3,14,19H2,1-2H3. The summed E-state index contributed by atoms with van der Waals surface area (Å²) in [6.45, 7) is 4.37. The Hall–Kier alpha value is -3.09. The number of fused-ring (bicyclic) bond motifs is 3. The average molecular weight is 489 g/mol. The van der Waals surface area contributed by atoms with Crippen molar-refractivity contribution < 1.29 is 13.2 Å². The van der Waals surface area contributed by atoms with Gasteiger partial charge in [0, 0.05) is 23.2 Å². The second-order valence-electron chi connectivity index (χ2n) is 9.47. The van der Waals surface area contributed by atoms with Crippen molar-refractivity contribution in [3.05, 3.63) is 102 Å². The third kappa shape index (κ3) is 4.86. The first-order valence-electron chi connectivity index (χ1n) is 12.3. The lowest BCUT2D eigenvalue weighted by Gasteiger charge is -2.38. The zero-order chi connectivity index (χ0) is 24.4. The highest BCUT2D eigenvalue weighted by atomic mass is 32.2. The number of sulfonamides is 1. The van der Waals surface area contributed by atoms with Crippen LogP contribution in [0.4, 0.5) is 5.69 Å². The number of para-hydroxylation sites is 1. The van der Waals surface area contributed by atoms with Crippen molar-refractivity contribution in [2.75, 3.05) is 5.32 Å². The minimum absolute atomic E-state index is 0.0650. The lowest BCUT2D eigenvalue weighted by Crippen LogP contribution is -2.33. The number of hydrogen-bond acceptors (Lipinski definition) is 4. The maximum absolute atomic E-state index is 12.9. The number of anilines is 1. The molecule has 1 heterocycles. The second-order valence-corrected chi connectivity index (χ2v) is 11.2. The number of allylic oxidation sites excluding steroid dienone is 2.